The molecule has 1 aliphatic rings. The number of amides is 1. The highest BCUT2D eigenvalue weighted by atomic mass is 32.1. The highest BCUT2D eigenvalue weighted by Crippen LogP contribution is 2.29. The lowest BCUT2D eigenvalue weighted by atomic mass is 10.1. The number of nitrogens with zero attached hydrogens (tertiary/aromatic N) is 2. The van der Waals surface area contributed by atoms with Crippen LogP contribution in [-0.4, -0.2) is 23.4 Å². The van der Waals surface area contributed by atoms with Gasteiger partial charge in [-0.1, -0.05) is 37.0 Å². The normalized spacial score (nSPS) is 16.3. The Balaban J connectivity index is 1.88. The van der Waals surface area contributed by atoms with Crippen molar-refractivity contribution in [3.05, 3.63) is 5.01 Å². The number of rotatable bonds is 3. The Morgan fingerprint density at radius 3 is 2.94 bits per heavy atom. The lowest BCUT2D eigenvalue weighted by molar-refractivity contribution is 0.187. The predicted octanol–water partition coefficient (Wildman–Crippen LogP) is 2.45. The average Bonchev–Trinajstić information content (AvgIpc) is 2.91. The Labute approximate surface area is 98.2 Å². The maximum atomic E-state index is 10.9. The minimum Gasteiger partial charge on any atom is -0.453 e. The van der Waals surface area contributed by atoms with Gasteiger partial charge < -0.3 is 4.74 Å². The number of hydrogen-bond donors (Lipinski definition) is 1. The lowest BCUT2D eigenvalue weighted by Crippen LogP contribution is -2.10. The molecule has 1 amide bonds. The lowest BCUT2D eigenvalue weighted by Gasteiger charge is -2.03. The van der Waals surface area contributed by atoms with E-state index in [1.54, 1.807) is 0 Å². The number of carbonyl (C=O) groups excluding carboxylic acids is 1. The summed E-state index contributed by atoms with van der Waals surface area (Å²) in [6.07, 6.45) is 5.73. The van der Waals surface area contributed by atoms with Gasteiger partial charge in [-0.15, -0.1) is 10.2 Å². The molecule has 16 heavy (non-hydrogen) atoms. The summed E-state index contributed by atoms with van der Waals surface area (Å²) in [6, 6.07) is 0. The van der Waals surface area contributed by atoms with Gasteiger partial charge in [0.15, 0.2) is 0 Å². The standard InChI is InChI=1S/C10H15N3O2S/c1-15-10(14)11-9-13-12-8(16-9)6-7-4-2-3-5-7/h7H,2-6H2,1H3,(H,11,13,14). The largest absolute Gasteiger partial charge is 0.453 e. The molecule has 1 heterocycles. The highest BCUT2D eigenvalue weighted by Gasteiger charge is 2.18. The van der Waals surface area contributed by atoms with Crippen LogP contribution in [0.25, 0.3) is 0 Å². The fourth-order valence-corrected chi connectivity index (χ4v) is 2.83. The second-order valence-corrected chi connectivity index (χ2v) is 5.03. The number of aromatic nitrogens is 2. The molecule has 1 aromatic heterocycles. The first-order chi connectivity index (χ1) is 7.78. The molecule has 0 spiro atoms. The molecule has 88 valence electrons. The zero-order chi connectivity index (χ0) is 11.4. The van der Waals surface area contributed by atoms with Gasteiger partial charge in [0.05, 0.1) is 7.11 Å². The molecule has 0 atom stereocenters. The van der Waals surface area contributed by atoms with Gasteiger partial charge in [-0.05, 0) is 5.92 Å². The van der Waals surface area contributed by atoms with Gasteiger partial charge in [-0.2, -0.15) is 0 Å². The zero-order valence-electron chi connectivity index (χ0n) is 9.23. The van der Waals surface area contributed by atoms with E-state index < -0.39 is 6.09 Å². The predicted molar refractivity (Wildman–Crippen MR) is 61.6 cm³/mol. The van der Waals surface area contributed by atoms with E-state index in [0.717, 1.165) is 17.3 Å². The van der Waals surface area contributed by atoms with Crippen molar-refractivity contribution >= 4 is 22.6 Å². The fraction of sp³-hybridized carbons (Fsp3) is 0.700. The first-order valence-electron chi connectivity index (χ1n) is 5.45. The van der Waals surface area contributed by atoms with E-state index >= 15 is 0 Å². The van der Waals surface area contributed by atoms with Crippen LogP contribution in [0.1, 0.15) is 30.7 Å². The smallest absolute Gasteiger partial charge is 0.413 e. The highest BCUT2D eigenvalue weighted by molar-refractivity contribution is 7.15. The second-order valence-electron chi connectivity index (χ2n) is 3.97. The molecule has 0 aromatic carbocycles. The van der Waals surface area contributed by atoms with Crippen LogP contribution in [0.5, 0.6) is 0 Å². The van der Waals surface area contributed by atoms with Crippen LogP contribution in [0.15, 0.2) is 0 Å². The molecule has 0 saturated heterocycles. The maximum absolute atomic E-state index is 10.9. The summed E-state index contributed by atoms with van der Waals surface area (Å²) in [6.45, 7) is 0. The van der Waals surface area contributed by atoms with Crippen molar-refractivity contribution in [3.63, 3.8) is 0 Å². The van der Waals surface area contributed by atoms with Crippen LogP contribution in [0, 0.1) is 5.92 Å². The van der Waals surface area contributed by atoms with Crippen molar-refractivity contribution in [2.45, 2.75) is 32.1 Å². The second kappa shape index (κ2) is 5.25. The van der Waals surface area contributed by atoms with Gasteiger partial charge in [-0.3, -0.25) is 5.32 Å². The number of anilines is 1. The van der Waals surface area contributed by atoms with Crippen LogP contribution in [-0.2, 0) is 11.2 Å². The SMILES string of the molecule is COC(=O)Nc1nnc(CC2CCCC2)s1. The van der Waals surface area contributed by atoms with Gasteiger partial charge in [0, 0.05) is 6.42 Å². The molecule has 0 aliphatic heterocycles. The average molecular weight is 241 g/mol. The van der Waals surface area contributed by atoms with E-state index in [1.165, 1.54) is 44.1 Å². The Morgan fingerprint density at radius 1 is 1.50 bits per heavy atom. The van der Waals surface area contributed by atoms with Crippen LogP contribution >= 0.6 is 11.3 Å². The number of ether oxygens (including phenoxy) is 1. The number of carbonyl (C=O) groups is 1. The topological polar surface area (TPSA) is 64.1 Å². The Bertz CT molecular complexity index is 361. The van der Waals surface area contributed by atoms with Crippen LogP contribution in [0.3, 0.4) is 0 Å². The first kappa shape index (κ1) is 11.3. The van der Waals surface area contributed by atoms with Crippen LogP contribution in [0.2, 0.25) is 0 Å². The summed E-state index contributed by atoms with van der Waals surface area (Å²) in [5, 5.41) is 12.0. The van der Waals surface area contributed by atoms with Crippen molar-refractivity contribution in [2.24, 2.45) is 5.92 Å². The number of nitrogens with one attached hydrogen (secondary N) is 1. The van der Waals surface area contributed by atoms with Gasteiger partial charge in [0.1, 0.15) is 5.01 Å². The number of hydrogen-bond acceptors (Lipinski definition) is 5. The third kappa shape index (κ3) is 2.91. The maximum Gasteiger partial charge on any atom is 0.413 e. The summed E-state index contributed by atoms with van der Waals surface area (Å²) in [7, 11) is 1.33. The van der Waals surface area contributed by atoms with Crippen molar-refractivity contribution in [1.82, 2.24) is 10.2 Å². The van der Waals surface area contributed by atoms with Gasteiger partial charge >= 0.3 is 6.09 Å². The molecular weight excluding hydrogens is 226 g/mol. The molecule has 1 saturated carbocycles. The van der Waals surface area contributed by atoms with Crippen molar-refractivity contribution in [1.29, 1.82) is 0 Å². The molecular formula is C10H15N3O2S. The van der Waals surface area contributed by atoms with Crippen molar-refractivity contribution in [2.75, 3.05) is 12.4 Å². The van der Waals surface area contributed by atoms with Crippen LogP contribution in [0.4, 0.5) is 9.93 Å². The summed E-state index contributed by atoms with van der Waals surface area (Å²) >= 11 is 1.43. The molecule has 1 aromatic rings. The fourth-order valence-electron chi connectivity index (χ4n) is 1.99. The Hall–Kier alpha value is -1.17. The molecule has 0 bridgehead atoms. The number of methoxy groups -OCH3 is 1. The minimum atomic E-state index is -0.497. The molecule has 5 nitrogen and oxygen atoms in total. The molecule has 1 N–H and O–H groups in total. The van der Waals surface area contributed by atoms with Crippen molar-refractivity contribution in [3.8, 4) is 0 Å². The van der Waals surface area contributed by atoms with Crippen molar-refractivity contribution < 1.29 is 9.53 Å². The monoisotopic (exact) mass is 241 g/mol. The quantitative estimate of drug-likeness (QED) is 0.882. The zero-order valence-corrected chi connectivity index (χ0v) is 10.0. The van der Waals surface area contributed by atoms with E-state index in [2.05, 4.69) is 20.3 Å². The molecule has 1 aliphatic carbocycles. The Kier molecular flexibility index (Phi) is 3.71. The first-order valence-corrected chi connectivity index (χ1v) is 6.27. The molecule has 2 rings (SSSR count). The van der Waals surface area contributed by atoms with Gasteiger partial charge in [0.2, 0.25) is 5.13 Å². The van der Waals surface area contributed by atoms with E-state index in [9.17, 15) is 4.79 Å². The van der Waals surface area contributed by atoms with E-state index in [-0.39, 0.29) is 0 Å². The van der Waals surface area contributed by atoms with Gasteiger partial charge in [0.25, 0.3) is 0 Å². The van der Waals surface area contributed by atoms with E-state index in [0.29, 0.717) is 5.13 Å². The minimum absolute atomic E-state index is 0.497. The molecule has 0 unspecified atom stereocenters. The van der Waals surface area contributed by atoms with E-state index in [1.807, 2.05) is 0 Å². The summed E-state index contributed by atoms with van der Waals surface area (Å²) in [5.74, 6) is 0.749. The third-order valence-corrected chi connectivity index (χ3v) is 3.66. The van der Waals surface area contributed by atoms with Crippen LogP contribution < -0.4 is 5.32 Å². The molecule has 1 fully saturated rings. The summed E-state index contributed by atoms with van der Waals surface area (Å²) in [4.78, 5) is 10.9. The van der Waals surface area contributed by atoms with E-state index in [4.69, 9.17) is 0 Å². The van der Waals surface area contributed by atoms with Gasteiger partial charge in [-0.25, -0.2) is 4.79 Å². The molecule has 6 heteroatoms. The third-order valence-electron chi connectivity index (χ3n) is 2.80. The molecule has 0 radical (unpaired) electrons. The summed E-state index contributed by atoms with van der Waals surface area (Å²) < 4.78 is 4.49. The Morgan fingerprint density at radius 2 is 2.25 bits per heavy atom. The summed E-state index contributed by atoms with van der Waals surface area (Å²) in [5.41, 5.74) is 0.